The molecule has 0 atom stereocenters. The van der Waals surface area contributed by atoms with Crippen LogP contribution < -0.4 is 10.6 Å². The van der Waals surface area contributed by atoms with E-state index in [1.54, 1.807) is 36.4 Å². The molecule has 0 spiro atoms. The zero-order valence-electron chi connectivity index (χ0n) is 11.4. The normalized spacial score (nSPS) is 9.95. The molecule has 0 radical (unpaired) electrons. The number of amides is 2. The largest absolute Gasteiger partial charge is 0.326 e. The number of hydrogen-bond donors (Lipinski definition) is 2. The van der Waals surface area contributed by atoms with Crippen molar-refractivity contribution in [3.05, 3.63) is 46.7 Å². The van der Waals surface area contributed by atoms with Gasteiger partial charge in [0.2, 0.25) is 5.91 Å². The van der Waals surface area contributed by atoms with Crippen molar-refractivity contribution < 1.29 is 14.4 Å². The predicted octanol–water partition coefficient (Wildman–Crippen LogP) is 2.92. The summed E-state index contributed by atoms with van der Waals surface area (Å²) < 4.78 is 0. The van der Waals surface area contributed by atoms with Crippen LogP contribution in [0.2, 0.25) is 0 Å². The van der Waals surface area contributed by atoms with Gasteiger partial charge in [-0.05, 0) is 36.6 Å². The van der Waals surface area contributed by atoms with Gasteiger partial charge in [-0.15, -0.1) is 11.3 Å². The van der Waals surface area contributed by atoms with Gasteiger partial charge in [-0.1, -0.05) is 12.1 Å². The summed E-state index contributed by atoms with van der Waals surface area (Å²) in [4.78, 5) is 34.9. The highest BCUT2D eigenvalue weighted by Crippen LogP contribution is 2.17. The molecular weight excluding hydrogens is 288 g/mol. The second kappa shape index (κ2) is 6.81. The van der Waals surface area contributed by atoms with Gasteiger partial charge < -0.3 is 10.6 Å². The lowest BCUT2D eigenvalue weighted by molar-refractivity contribution is -0.124. The van der Waals surface area contributed by atoms with Gasteiger partial charge >= 0.3 is 0 Å². The summed E-state index contributed by atoms with van der Waals surface area (Å²) in [7, 11) is 0. The lowest BCUT2D eigenvalue weighted by Gasteiger charge is -2.07. The molecule has 2 amide bonds. The van der Waals surface area contributed by atoms with Crippen LogP contribution in [0.1, 0.15) is 23.0 Å². The molecule has 2 aromatic rings. The molecule has 0 saturated carbocycles. The maximum absolute atomic E-state index is 11.9. The third-order valence-electron chi connectivity index (χ3n) is 2.56. The van der Waals surface area contributed by atoms with Gasteiger partial charge in [-0.3, -0.25) is 14.4 Å². The molecule has 21 heavy (non-hydrogen) atoms. The number of carbonyl (C=O) groups excluding carboxylic acids is 3. The molecule has 1 aromatic carbocycles. The minimum Gasteiger partial charge on any atom is -0.326 e. The van der Waals surface area contributed by atoms with E-state index in [1.807, 2.05) is 5.38 Å². The number of Topliss-reactive ketones (excluding diaryl/α,β-unsaturated/α-hetero) is 1. The van der Waals surface area contributed by atoms with E-state index in [1.165, 1.54) is 18.3 Å². The number of thiophene rings is 1. The van der Waals surface area contributed by atoms with Crippen LogP contribution >= 0.6 is 11.3 Å². The zero-order chi connectivity index (χ0) is 15.2. The molecule has 1 heterocycles. The zero-order valence-corrected chi connectivity index (χ0v) is 12.2. The summed E-state index contributed by atoms with van der Waals surface area (Å²) >= 11 is 1.35. The van der Waals surface area contributed by atoms with Gasteiger partial charge in [-0.2, -0.15) is 0 Å². The number of anilines is 2. The van der Waals surface area contributed by atoms with E-state index in [0.717, 1.165) is 0 Å². The van der Waals surface area contributed by atoms with Crippen molar-refractivity contribution in [3.8, 4) is 0 Å². The molecule has 1 aromatic heterocycles. The number of ketones is 1. The molecule has 0 aliphatic carbocycles. The third-order valence-corrected chi connectivity index (χ3v) is 3.43. The fourth-order valence-electron chi connectivity index (χ4n) is 1.71. The van der Waals surface area contributed by atoms with Gasteiger partial charge in [0.05, 0.1) is 11.3 Å². The Hall–Kier alpha value is -2.47. The molecule has 0 aliphatic rings. The second-order valence-corrected chi connectivity index (χ2v) is 5.39. The maximum Gasteiger partial charge on any atom is 0.265 e. The SMILES string of the molecule is CC(=O)CC(=O)Nc1cccc(NC(=O)c2cccs2)c1. The summed E-state index contributed by atoms with van der Waals surface area (Å²) in [5.74, 6) is -0.768. The van der Waals surface area contributed by atoms with Gasteiger partial charge in [0, 0.05) is 11.4 Å². The van der Waals surface area contributed by atoms with E-state index < -0.39 is 0 Å². The van der Waals surface area contributed by atoms with Crippen LogP contribution in [-0.4, -0.2) is 17.6 Å². The number of rotatable bonds is 5. The Balaban J connectivity index is 2.02. The van der Waals surface area contributed by atoms with E-state index in [2.05, 4.69) is 10.6 Å². The van der Waals surface area contributed by atoms with Crippen molar-refractivity contribution in [1.29, 1.82) is 0 Å². The average molecular weight is 302 g/mol. The molecule has 0 unspecified atom stereocenters. The summed E-state index contributed by atoms with van der Waals surface area (Å²) in [6.45, 7) is 1.36. The fourth-order valence-corrected chi connectivity index (χ4v) is 2.33. The highest BCUT2D eigenvalue weighted by Gasteiger charge is 2.08. The Labute approximate surface area is 126 Å². The molecule has 6 heteroatoms. The molecule has 2 rings (SSSR count). The van der Waals surface area contributed by atoms with Crippen LogP contribution in [0, 0.1) is 0 Å². The van der Waals surface area contributed by atoms with Crippen LogP contribution in [0.25, 0.3) is 0 Å². The van der Waals surface area contributed by atoms with E-state index in [4.69, 9.17) is 0 Å². The first-order valence-corrected chi connectivity index (χ1v) is 7.17. The van der Waals surface area contributed by atoms with Crippen molar-refractivity contribution in [2.75, 3.05) is 10.6 Å². The minimum atomic E-state index is -0.371. The first kappa shape index (κ1) is 14.9. The van der Waals surface area contributed by atoms with Gasteiger partial charge in [0.25, 0.3) is 5.91 Å². The fraction of sp³-hybridized carbons (Fsp3) is 0.133. The standard InChI is InChI=1S/C15H14N2O3S/c1-10(18)8-14(19)16-11-4-2-5-12(9-11)17-15(20)13-6-3-7-21-13/h2-7,9H,8H2,1H3,(H,16,19)(H,17,20). The number of benzene rings is 1. The average Bonchev–Trinajstić information content (AvgIpc) is 2.91. The number of hydrogen-bond acceptors (Lipinski definition) is 4. The van der Waals surface area contributed by atoms with E-state index in [-0.39, 0.29) is 24.0 Å². The van der Waals surface area contributed by atoms with Crippen molar-refractivity contribution >= 4 is 40.3 Å². The lowest BCUT2D eigenvalue weighted by Crippen LogP contribution is -2.15. The molecule has 2 N–H and O–H groups in total. The van der Waals surface area contributed by atoms with Crippen LogP contribution in [-0.2, 0) is 9.59 Å². The smallest absolute Gasteiger partial charge is 0.265 e. The number of carbonyl (C=O) groups is 3. The molecule has 108 valence electrons. The first-order chi connectivity index (χ1) is 10.0. The second-order valence-electron chi connectivity index (χ2n) is 4.44. The molecule has 5 nitrogen and oxygen atoms in total. The summed E-state index contributed by atoms with van der Waals surface area (Å²) in [5, 5.41) is 7.19. The number of nitrogens with one attached hydrogen (secondary N) is 2. The molecule has 0 saturated heterocycles. The van der Waals surface area contributed by atoms with Crippen molar-refractivity contribution in [2.24, 2.45) is 0 Å². The van der Waals surface area contributed by atoms with Crippen molar-refractivity contribution in [1.82, 2.24) is 0 Å². The van der Waals surface area contributed by atoms with E-state index in [0.29, 0.717) is 16.3 Å². The first-order valence-electron chi connectivity index (χ1n) is 6.29. The van der Waals surface area contributed by atoms with Crippen molar-refractivity contribution in [3.63, 3.8) is 0 Å². The van der Waals surface area contributed by atoms with Gasteiger partial charge in [0.15, 0.2) is 0 Å². The van der Waals surface area contributed by atoms with E-state index in [9.17, 15) is 14.4 Å². The van der Waals surface area contributed by atoms with Crippen LogP contribution in [0.3, 0.4) is 0 Å². The Morgan fingerprint density at radius 3 is 2.38 bits per heavy atom. The lowest BCUT2D eigenvalue weighted by atomic mass is 10.2. The third kappa shape index (κ3) is 4.54. The molecule has 0 fully saturated rings. The summed E-state index contributed by atoms with van der Waals surface area (Å²) in [5.41, 5.74) is 1.11. The highest BCUT2D eigenvalue weighted by molar-refractivity contribution is 7.12. The monoisotopic (exact) mass is 302 g/mol. The van der Waals surface area contributed by atoms with E-state index >= 15 is 0 Å². The quantitative estimate of drug-likeness (QED) is 0.834. The summed E-state index contributed by atoms with van der Waals surface area (Å²) in [6.07, 6.45) is -0.161. The van der Waals surface area contributed by atoms with Crippen LogP contribution in [0.15, 0.2) is 41.8 Å². The van der Waals surface area contributed by atoms with Gasteiger partial charge in [0.1, 0.15) is 5.78 Å². The predicted molar refractivity (Wildman–Crippen MR) is 82.6 cm³/mol. The van der Waals surface area contributed by atoms with Gasteiger partial charge in [-0.25, -0.2) is 0 Å². The molecular formula is C15H14N2O3S. The topological polar surface area (TPSA) is 75.3 Å². The highest BCUT2D eigenvalue weighted by atomic mass is 32.1. The molecule has 0 bridgehead atoms. The minimum absolute atomic E-state index is 0.161. The van der Waals surface area contributed by atoms with Crippen LogP contribution in [0.5, 0.6) is 0 Å². The Morgan fingerprint density at radius 1 is 1.05 bits per heavy atom. The van der Waals surface area contributed by atoms with Crippen LogP contribution in [0.4, 0.5) is 11.4 Å². The Kier molecular flexibility index (Phi) is 4.84. The summed E-state index contributed by atoms with van der Waals surface area (Å²) in [6, 6.07) is 10.3. The Bertz CT molecular complexity index is 665. The van der Waals surface area contributed by atoms with Crippen molar-refractivity contribution in [2.45, 2.75) is 13.3 Å². The molecule has 0 aliphatic heterocycles. The Morgan fingerprint density at radius 2 is 1.76 bits per heavy atom. The maximum atomic E-state index is 11.9.